The Morgan fingerprint density at radius 3 is 3.00 bits per heavy atom. The van der Waals surface area contributed by atoms with Gasteiger partial charge in [0, 0.05) is 20.1 Å². The molecule has 1 atom stereocenters. The largest absolute Gasteiger partial charge is 0.453 e. The Bertz CT molecular complexity index is 1430. The van der Waals surface area contributed by atoms with Crippen molar-refractivity contribution in [2.24, 2.45) is 0 Å². The van der Waals surface area contributed by atoms with Crippen molar-refractivity contribution in [2.75, 3.05) is 44.6 Å². The lowest BCUT2D eigenvalue weighted by atomic mass is 9.88. The monoisotopic (exact) mass is 542 g/mol. The first kappa shape index (κ1) is 26.4. The van der Waals surface area contributed by atoms with Crippen LogP contribution in [0.1, 0.15) is 32.3 Å². The first-order chi connectivity index (χ1) is 18.4. The summed E-state index contributed by atoms with van der Waals surface area (Å²) in [5.41, 5.74) is 0.407. The van der Waals surface area contributed by atoms with Crippen molar-refractivity contribution >= 4 is 28.7 Å². The highest BCUT2D eigenvalue weighted by Gasteiger charge is 2.42. The number of nitriles is 1. The third-order valence-electron chi connectivity index (χ3n) is 7.02. The molecule has 2 fully saturated rings. The predicted molar refractivity (Wildman–Crippen MR) is 145 cm³/mol. The number of aliphatic hydroxyl groups excluding tert-OH is 1. The molecule has 2 aliphatic rings. The van der Waals surface area contributed by atoms with Crippen molar-refractivity contribution in [1.82, 2.24) is 19.2 Å². The van der Waals surface area contributed by atoms with Gasteiger partial charge >= 0.3 is 0 Å². The summed E-state index contributed by atoms with van der Waals surface area (Å²) in [5.74, 6) is -0.743. The van der Waals surface area contributed by atoms with Gasteiger partial charge < -0.3 is 24.6 Å². The van der Waals surface area contributed by atoms with Crippen LogP contribution in [0.15, 0.2) is 41.5 Å². The van der Waals surface area contributed by atoms with Gasteiger partial charge in [0.2, 0.25) is 0 Å². The van der Waals surface area contributed by atoms with E-state index in [0.717, 1.165) is 44.5 Å². The lowest BCUT2D eigenvalue weighted by Crippen LogP contribution is -2.41. The number of hydrogen-bond acceptors (Lipinski definition) is 10. The second kappa shape index (κ2) is 11.3. The van der Waals surface area contributed by atoms with Crippen LogP contribution in [-0.2, 0) is 4.74 Å². The Morgan fingerprint density at radius 2 is 2.24 bits per heavy atom. The van der Waals surface area contributed by atoms with Gasteiger partial charge in [0.05, 0.1) is 47.8 Å². The highest BCUT2D eigenvalue weighted by atomic mass is 32.2. The molecule has 2 aromatic carbocycles. The summed E-state index contributed by atoms with van der Waals surface area (Å²) >= 11 is 1.16. The van der Waals surface area contributed by atoms with Gasteiger partial charge in [-0.05, 0) is 69.7 Å². The van der Waals surface area contributed by atoms with Crippen LogP contribution < -0.4 is 20.3 Å². The number of nitrogens with one attached hydrogen (secondary N) is 2. The van der Waals surface area contributed by atoms with Gasteiger partial charge in [-0.2, -0.15) is 5.26 Å². The SMILES string of the molecule is CN(CCO)SNc1ccc(F)c(Oc2ccc3ncn(C4COC5(CCNCC5)C4)c(=O)c3c2)c1C#N.[HH]. The van der Waals surface area contributed by atoms with E-state index in [0.29, 0.717) is 29.7 Å². The molecular weight excluding hydrogens is 511 g/mol. The Labute approximate surface area is 225 Å². The van der Waals surface area contributed by atoms with E-state index < -0.39 is 5.82 Å². The number of aromatic nitrogens is 2. The van der Waals surface area contributed by atoms with Crippen LogP contribution in [-0.4, -0.2) is 64.5 Å². The maximum atomic E-state index is 14.8. The second-order valence-corrected chi connectivity index (χ2v) is 10.5. The number of anilines is 1. The zero-order chi connectivity index (χ0) is 26.7. The van der Waals surface area contributed by atoms with Crippen LogP contribution >= 0.6 is 12.1 Å². The topological polar surface area (TPSA) is 125 Å². The zero-order valence-corrected chi connectivity index (χ0v) is 21.8. The lowest BCUT2D eigenvalue weighted by molar-refractivity contribution is -0.0196. The van der Waals surface area contributed by atoms with E-state index in [1.165, 1.54) is 18.2 Å². The Balaban J connectivity index is 0.00000353. The van der Waals surface area contributed by atoms with E-state index >= 15 is 0 Å². The molecule has 202 valence electrons. The molecule has 0 aliphatic carbocycles. The van der Waals surface area contributed by atoms with Crippen molar-refractivity contribution in [2.45, 2.75) is 30.9 Å². The quantitative estimate of drug-likeness (QED) is 0.365. The van der Waals surface area contributed by atoms with Gasteiger partial charge in [-0.3, -0.25) is 9.36 Å². The van der Waals surface area contributed by atoms with Crippen LogP contribution in [0, 0.1) is 17.1 Å². The predicted octanol–water partition coefficient (Wildman–Crippen LogP) is 3.43. The van der Waals surface area contributed by atoms with Gasteiger partial charge in [0.15, 0.2) is 11.6 Å². The molecule has 2 saturated heterocycles. The van der Waals surface area contributed by atoms with Crippen LogP contribution in [0.5, 0.6) is 11.5 Å². The minimum absolute atomic E-state index is 0. The molecule has 3 aromatic rings. The van der Waals surface area contributed by atoms with E-state index in [4.69, 9.17) is 14.6 Å². The fourth-order valence-electron chi connectivity index (χ4n) is 4.95. The molecule has 3 N–H and O–H groups in total. The summed E-state index contributed by atoms with van der Waals surface area (Å²) in [7, 11) is 1.76. The van der Waals surface area contributed by atoms with Gasteiger partial charge in [0.1, 0.15) is 17.4 Å². The highest BCUT2D eigenvalue weighted by Crippen LogP contribution is 2.39. The third kappa shape index (κ3) is 5.34. The number of aliphatic hydroxyl groups is 1. The highest BCUT2D eigenvalue weighted by molar-refractivity contribution is 7.98. The lowest BCUT2D eigenvalue weighted by Gasteiger charge is -2.32. The number of hydrogen-bond donors (Lipinski definition) is 3. The molecule has 0 bridgehead atoms. The molecule has 10 nitrogen and oxygen atoms in total. The summed E-state index contributed by atoms with van der Waals surface area (Å²) in [6.07, 6.45) is 4.13. The van der Waals surface area contributed by atoms with Crippen molar-refractivity contribution < 1.29 is 20.4 Å². The average Bonchev–Trinajstić information content (AvgIpc) is 3.32. The molecular formula is C26H31FN6O4S. The standard InChI is InChI=1S/C26H29FN6O4S.H2/c1-32(10-11-34)38-31-23-5-3-21(27)24(20(23)14-28)37-18-2-4-22-19(12-18)25(35)33(16-30-22)17-13-26(36-15-17)6-8-29-9-7-26;/h2-5,12,16-17,29,31,34H,6-11,13,15H2,1H3;1H. The number of rotatable bonds is 8. The normalized spacial score (nSPS) is 18.7. The molecule has 3 heterocycles. The number of halogens is 1. The molecule has 5 rings (SSSR count). The fourth-order valence-corrected chi connectivity index (χ4v) is 5.55. The number of fused-ring (bicyclic) bond motifs is 1. The minimum Gasteiger partial charge on any atom is -0.453 e. The summed E-state index contributed by atoms with van der Waals surface area (Å²) < 4.78 is 33.2. The Morgan fingerprint density at radius 1 is 1.42 bits per heavy atom. The first-order valence-electron chi connectivity index (χ1n) is 12.4. The van der Waals surface area contributed by atoms with Crippen LogP contribution in [0.2, 0.25) is 0 Å². The molecule has 1 unspecified atom stereocenters. The van der Waals surface area contributed by atoms with E-state index in [1.54, 1.807) is 34.4 Å². The molecule has 0 saturated carbocycles. The summed E-state index contributed by atoms with van der Waals surface area (Å²) in [6, 6.07) is 9.29. The zero-order valence-electron chi connectivity index (χ0n) is 20.9. The summed E-state index contributed by atoms with van der Waals surface area (Å²) in [6.45, 7) is 2.62. The number of ether oxygens (including phenoxy) is 2. The Hall–Kier alpha value is -3.21. The average molecular weight is 543 g/mol. The van der Waals surface area contributed by atoms with E-state index in [2.05, 4.69) is 15.0 Å². The summed E-state index contributed by atoms with van der Waals surface area (Å²) in [5, 5.41) is 22.5. The number of piperidine rings is 1. The van der Waals surface area contributed by atoms with Crippen molar-refractivity contribution in [3.63, 3.8) is 0 Å². The van der Waals surface area contributed by atoms with Crippen LogP contribution in [0.25, 0.3) is 10.9 Å². The Kier molecular flexibility index (Phi) is 7.83. The number of benzene rings is 2. The van der Waals surface area contributed by atoms with Gasteiger partial charge in [-0.1, -0.05) is 0 Å². The molecule has 0 amide bonds. The van der Waals surface area contributed by atoms with E-state index in [9.17, 15) is 14.4 Å². The van der Waals surface area contributed by atoms with Gasteiger partial charge in [-0.15, -0.1) is 0 Å². The first-order valence-corrected chi connectivity index (χ1v) is 13.2. The van der Waals surface area contributed by atoms with Crippen molar-refractivity contribution in [3.8, 4) is 17.6 Å². The number of likely N-dealkylation sites (N-methyl/N-ethyl adjacent to an activating group) is 1. The third-order valence-corrected chi connectivity index (χ3v) is 7.83. The fraction of sp³-hybridized carbons (Fsp3) is 0.423. The molecule has 12 heteroatoms. The van der Waals surface area contributed by atoms with Gasteiger partial charge in [-0.25, -0.2) is 13.7 Å². The van der Waals surface area contributed by atoms with E-state index in [1.807, 2.05) is 6.07 Å². The smallest absolute Gasteiger partial charge is 0.261 e. The van der Waals surface area contributed by atoms with E-state index in [-0.39, 0.29) is 42.3 Å². The molecule has 1 aromatic heterocycles. The van der Waals surface area contributed by atoms with Crippen LogP contribution in [0.3, 0.4) is 0 Å². The molecule has 1 spiro atoms. The maximum Gasteiger partial charge on any atom is 0.261 e. The van der Waals surface area contributed by atoms with Gasteiger partial charge in [0.25, 0.3) is 5.56 Å². The van der Waals surface area contributed by atoms with Crippen LogP contribution in [0.4, 0.5) is 10.1 Å². The van der Waals surface area contributed by atoms with Crippen molar-refractivity contribution in [3.05, 3.63) is 58.4 Å². The second-order valence-electron chi connectivity index (χ2n) is 9.52. The molecule has 0 radical (unpaired) electrons. The molecule has 2 aliphatic heterocycles. The minimum atomic E-state index is -0.708. The van der Waals surface area contributed by atoms with Crippen molar-refractivity contribution in [1.29, 1.82) is 5.26 Å². The molecule has 38 heavy (non-hydrogen) atoms. The maximum absolute atomic E-state index is 14.8. The number of nitrogens with zero attached hydrogens (tertiary/aromatic N) is 4. The summed E-state index contributed by atoms with van der Waals surface area (Å²) in [4.78, 5) is 17.9.